The summed E-state index contributed by atoms with van der Waals surface area (Å²) in [5, 5.41) is 20.5. The third-order valence-electron chi connectivity index (χ3n) is 11.8. The minimum absolute atomic E-state index is 0.0234. The number of carbonyl (C=O) groups is 2. The Labute approximate surface area is 284 Å². The van der Waals surface area contributed by atoms with Crippen molar-refractivity contribution in [3.05, 3.63) is 94.5 Å². The van der Waals surface area contributed by atoms with Gasteiger partial charge in [0.25, 0.3) is 0 Å². The summed E-state index contributed by atoms with van der Waals surface area (Å²) in [4.78, 5) is 28.4. The van der Waals surface area contributed by atoms with Crippen molar-refractivity contribution in [2.24, 2.45) is 40.9 Å². The highest BCUT2D eigenvalue weighted by atomic mass is 16.5. The second-order valence-electron chi connectivity index (χ2n) is 15.1. The average Bonchev–Trinajstić information content (AvgIpc) is 3.58. The molecule has 6 nitrogen and oxygen atoms in total. The number of hydrogen-bond acceptors (Lipinski definition) is 6. The summed E-state index contributed by atoms with van der Waals surface area (Å²) in [6.45, 7) is 8.71. The lowest BCUT2D eigenvalue weighted by molar-refractivity contribution is -0.135. The first-order chi connectivity index (χ1) is 23.2. The zero-order valence-corrected chi connectivity index (χ0v) is 28.6. The Balaban J connectivity index is 1.46. The fraction of sp³-hybridized carbons (Fsp3) is 0.476. The molecule has 2 fully saturated rings. The summed E-state index contributed by atoms with van der Waals surface area (Å²) >= 11 is 0. The highest BCUT2D eigenvalue weighted by Gasteiger charge is 2.68. The molecule has 1 saturated heterocycles. The number of carbonyl (C=O) groups excluding carboxylic acids is 2. The largest absolute Gasteiger partial charge is 0.508 e. The Morgan fingerprint density at radius 3 is 2.48 bits per heavy atom. The number of aliphatic hydroxyl groups is 1. The summed E-state index contributed by atoms with van der Waals surface area (Å²) < 4.78 is 12.4. The first kappa shape index (κ1) is 32.6. The van der Waals surface area contributed by atoms with Crippen LogP contribution in [0.3, 0.4) is 0 Å². The first-order valence-electron chi connectivity index (χ1n) is 18.0. The maximum Gasteiger partial charge on any atom is 0.340 e. The number of hydrogen-bond donors (Lipinski definition) is 2. The molecule has 0 radical (unpaired) electrons. The molecule has 0 unspecified atom stereocenters. The van der Waals surface area contributed by atoms with Gasteiger partial charge in [0, 0.05) is 23.7 Å². The smallest absolute Gasteiger partial charge is 0.340 e. The molecule has 2 heterocycles. The van der Waals surface area contributed by atoms with Gasteiger partial charge in [0.1, 0.15) is 17.3 Å². The van der Waals surface area contributed by atoms with Gasteiger partial charge < -0.3 is 19.7 Å². The maximum absolute atomic E-state index is 14.4. The van der Waals surface area contributed by atoms with Crippen LogP contribution in [0.25, 0.3) is 16.7 Å². The number of ether oxygens (including phenoxy) is 2. The fourth-order valence-electron chi connectivity index (χ4n) is 9.39. The van der Waals surface area contributed by atoms with Crippen LogP contribution < -0.4 is 0 Å². The molecule has 48 heavy (non-hydrogen) atoms. The topological polar surface area (TPSA) is 93.1 Å². The molecule has 2 aromatic rings. The third-order valence-corrected chi connectivity index (χ3v) is 11.8. The molecule has 2 N–H and O–H groups in total. The minimum Gasteiger partial charge on any atom is -0.508 e. The molecule has 2 bridgehead atoms. The van der Waals surface area contributed by atoms with Crippen molar-refractivity contribution in [3.8, 4) is 16.9 Å². The van der Waals surface area contributed by atoms with Crippen molar-refractivity contribution in [2.75, 3.05) is 6.61 Å². The number of cyclic esters (lactones) is 2. The predicted molar refractivity (Wildman–Crippen MR) is 186 cm³/mol. The van der Waals surface area contributed by atoms with Crippen LogP contribution in [0, 0.1) is 40.9 Å². The molecule has 1 saturated carbocycles. The standard InChI is InChI=1S/C42H48O6/c1-5-26(13-11-24(2)3)21-35-42-20-19-30(31-16-17-32-34(18-12-25(4)23-43)47-40(45)37(32)38(31)42)36(39(42)41(46)48-35)33-22-28(44)14-15-29(33)27-9-7-6-8-10-27/h6-10,14-15,18,21-22,24-26,30-31,38,43-44H,5,11-13,16-17,19-20,23H2,1-4H3/b34-18?,35-21-/t25-,26-,30+,31-,38+,42+/m0/s1. The molecular formula is C42H48O6. The second-order valence-corrected chi connectivity index (χ2v) is 15.1. The lowest BCUT2D eigenvalue weighted by atomic mass is 9.44. The lowest BCUT2D eigenvalue weighted by Crippen LogP contribution is -2.52. The maximum atomic E-state index is 14.4. The van der Waals surface area contributed by atoms with Gasteiger partial charge in [0.15, 0.2) is 0 Å². The van der Waals surface area contributed by atoms with Crippen molar-refractivity contribution in [3.63, 3.8) is 0 Å². The molecule has 8 rings (SSSR count). The Morgan fingerprint density at radius 1 is 0.958 bits per heavy atom. The lowest BCUT2D eigenvalue weighted by Gasteiger charge is -2.56. The van der Waals surface area contributed by atoms with E-state index in [0.29, 0.717) is 35.0 Å². The van der Waals surface area contributed by atoms with Gasteiger partial charge in [-0.25, -0.2) is 9.59 Å². The van der Waals surface area contributed by atoms with Crippen molar-refractivity contribution >= 4 is 17.5 Å². The van der Waals surface area contributed by atoms with Gasteiger partial charge in [-0.3, -0.25) is 0 Å². The quantitative estimate of drug-likeness (QED) is 0.250. The summed E-state index contributed by atoms with van der Waals surface area (Å²) in [5.41, 5.74) is 5.41. The average molecular weight is 649 g/mol. The molecule has 6 heteroatoms. The summed E-state index contributed by atoms with van der Waals surface area (Å²) in [6.07, 6.45) is 11.0. The van der Waals surface area contributed by atoms with E-state index >= 15 is 0 Å². The Morgan fingerprint density at radius 2 is 1.75 bits per heavy atom. The molecule has 1 spiro atoms. The molecule has 6 atom stereocenters. The van der Waals surface area contributed by atoms with E-state index in [1.165, 1.54) is 0 Å². The molecular weight excluding hydrogens is 600 g/mol. The number of aromatic hydroxyl groups is 1. The number of aliphatic hydroxyl groups excluding tert-OH is 1. The Hall–Kier alpha value is -3.90. The molecule has 0 amide bonds. The third kappa shape index (κ3) is 5.28. The van der Waals surface area contributed by atoms with E-state index in [4.69, 9.17) is 9.47 Å². The van der Waals surface area contributed by atoms with E-state index in [0.717, 1.165) is 72.8 Å². The van der Waals surface area contributed by atoms with Gasteiger partial charge in [-0.15, -0.1) is 0 Å². The number of benzene rings is 2. The number of fused-ring (bicyclic) bond motifs is 1. The summed E-state index contributed by atoms with van der Waals surface area (Å²) in [6, 6.07) is 15.6. The zero-order chi connectivity index (χ0) is 33.7. The molecule has 2 aliphatic heterocycles. The van der Waals surface area contributed by atoms with Crippen molar-refractivity contribution in [2.45, 2.75) is 79.1 Å². The number of esters is 2. The number of allylic oxidation sites excluding steroid dienone is 5. The van der Waals surface area contributed by atoms with Crippen LogP contribution in [0.4, 0.5) is 0 Å². The van der Waals surface area contributed by atoms with Gasteiger partial charge in [-0.2, -0.15) is 0 Å². The predicted octanol–water partition coefficient (Wildman–Crippen LogP) is 8.91. The van der Waals surface area contributed by atoms with Crippen molar-refractivity contribution in [1.29, 1.82) is 0 Å². The molecule has 4 aliphatic carbocycles. The number of phenols is 1. The van der Waals surface area contributed by atoms with Crippen LogP contribution in [0.2, 0.25) is 0 Å². The highest BCUT2D eigenvalue weighted by molar-refractivity contribution is 6.07. The molecule has 2 aromatic carbocycles. The van der Waals surface area contributed by atoms with Crippen LogP contribution in [0.1, 0.15) is 84.6 Å². The van der Waals surface area contributed by atoms with Crippen LogP contribution >= 0.6 is 0 Å². The summed E-state index contributed by atoms with van der Waals surface area (Å²) in [5.74, 6) is 1.63. The van der Waals surface area contributed by atoms with Crippen molar-refractivity contribution in [1.82, 2.24) is 0 Å². The van der Waals surface area contributed by atoms with Gasteiger partial charge in [0.2, 0.25) is 0 Å². The van der Waals surface area contributed by atoms with E-state index in [1.54, 1.807) is 6.07 Å². The minimum atomic E-state index is -0.787. The van der Waals surface area contributed by atoms with E-state index in [-0.39, 0.29) is 53.9 Å². The molecule has 6 aliphatic rings. The van der Waals surface area contributed by atoms with Gasteiger partial charge in [-0.05, 0) is 121 Å². The van der Waals surface area contributed by atoms with Gasteiger partial charge >= 0.3 is 11.9 Å². The Bertz CT molecular complexity index is 1740. The second kappa shape index (κ2) is 12.9. The fourth-order valence-corrected chi connectivity index (χ4v) is 9.39. The Kier molecular flexibility index (Phi) is 8.74. The SMILES string of the molecule is CC[C@H](/C=C1\OC(=O)C2=C(c3cc(O)ccc3-c3ccccc3)[C@@H]3CC[C@@]21[C@H]1C2=C(CC[C@@H]31)C(=CC[C@H](C)CO)OC2=O)CCC(C)C. The molecule has 252 valence electrons. The van der Waals surface area contributed by atoms with Crippen LogP contribution in [0.15, 0.2) is 88.9 Å². The van der Waals surface area contributed by atoms with Crippen molar-refractivity contribution < 1.29 is 29.3 Å². The number of phenolic OH excluding ortho intramolecular Hbond substituents is 1. The van der Waals surface area contributed by atoms with E-state index in [2.05, 4.69) is 39.0 Å². The zero-order valence-electron chi connectivity index (χ0n) is 28.6. The van der Waals surface area contributed by atoms with Crippen LogP contribution in [-0.2, 0) is 19.1 Å². The normalized spacial score (nSPS) is 28.9. The number of rotatable bonds is 10. The van der Waals surface area contributed by atoms with E-state index < -0.39 is 5.41 Å². The molecule has 0 aromatic heterocycles. The monoisotopic (exact) mass is 648 g/mol. The van der Waals surface area contributed by atoms with Gasteiger partial charge in [-0.1, -0.05) is 70.5 Å². The van der Waals surface area contributed by atoms with E-state index in [9.17, 15) is 19.8 Å². The summed E-state index contributed by atoms with van der Waals surface area (Å²) in [7, 11) is 0. The van der Waals surface area contributed by atoms with Crippen LogP contribution in [-0.4, -0.2) is 28.8 Å². The van der Waals surface area contributed by atoms with Gasteiger partial charge in [0.05, 0.1) is 11.0 Å². The highest BCUT2D eigenvalue weighted by Crippen LogP contribution is 2.72. The van der Waals surface area contributed by atoms with Crippen LogP contribution in [0.5, 0.6) is 5.75 Å². The first-order valence-corrected chi connectivity index (χ1v) is 18.0. The van der Waals surface area contributed by atoms with E-state index in [1.807, 2.05) is 43.3 Å².